The summed E-state index contributed by atoms with van der Waals surface area (Å²) in [4.78, 5) is 15.7. The lowest BCUT2D eigenvalue weighted by atomic mass is 10.0. The van der Waals surface area contributed by atoms with Crippen LogP contribution in [0.15, 0.2) is 24.4 Å². The first-order chi connectivity index (χ1) is 9.25. The highest BCUT2D eigenvalue weighted by Gasteiger charge is 2.20. The Balaban J connectivity index is 1.99. The molecule has 0 atom stereocenters. The van der Waals surface area contributed by atoms with Crippen molar-refractivity contribution < 1.29 is 14.6 Å². The molecule has 3 heterocycles. The van der Waals surface area contributed by atoms with E-state index in [0.717, 1.165) is 37.1 Å². The number of fused-ring (bicyclic) bond motifs is 1. The van der Waals surface area contributed by atoms with Gasteiger partial charge in [0.15, 0.2) is 0 Å². The van der Waals surface area contributed by atoms with Gasteiger partial charge in [-0.25, -0.2) is 9.78 Å². The molecule has 0 aliphatic carbocycles. The molecular formula is C14H16N2O3. The molecule has 0 bridgehead atoms. The van der Waals surface area contributed by atoms with Crippen LogP contribution in [0.1, 0.15) is 23.3 Å². The van der Waals surface area contributed by atoms with E-state index in [-0.39, 0.29) is 0 Å². The zero-order chi connectivity index (χ0) is 13.2. The fraction of sp³-hybridized carbons (Fsp3) is 0.429. The lowest BCUT2D eigenvalue weighted by Crippen LogP contribution is -2.22. The third-order valence-electron chi connectivity index (χ3n) is 3.66. The van der Waals surface area contributed by atoms with Crippen LogP contribution in [0.4, 0.5) is 0 Å². The van der Waals surface area contributed by atoms with E-state index in [4.69, 9.17) is 4.74 Å². The van der Waals surface area contributed by atoms with Gasteiger partial charge in [0.2, 0.25) is 0 Å². The Hall–Kier alpha value is -1.88. The van der Waals surface area contributed by atoms with E-state index < -0.39 is 5.97 Å². The Morgan fingerprint density at radius 2 is 2.26 bits per heavy atom. The number of nitrogens with zero attached hydrogens (tertiary/aromatic N) is 2. The average Bonchev–Trinajstić information content (AvgIpc) is 2.79. The maximum atomic E-state index is 11.4. The highest BCUT2D eigenvalue weighted by Crippen LogP contribution is 2.23. The molecule has 0 saturated carbocycles. The number of carboxylic acids is 1. The molecule has 2 aromatic rings. The molecule has 1 aliphatic heterocycles. The molecule has 5 heteroatoms. The minimum absolute atomic E-state index is 0.320. The van der Waals surface area contributed by atoms with Crippen molar-refractivity contribution in [1.29, 1.82) is 0 Å². The topological polar surface area (TPSA) is 64.3 Å². The summed E-state index contributed by atoms with van der Waals surface area (Å²) in [5.41, 5.74) is 1.08. The molecule has 0 spiro atoms. The minimum atomic E-state index is -0.898. The number of hydrogen-bond donors (Lipinski definition) is 1. The van der Waals surface area contributed by atoms with Crippen LogP contribution in [0.3, 0.4) is 0 Å². The van der Waals surface area contributed by atoms with Crippen molar-refractivity contribution in [3.05, 3.63) is 30.1 Å². The van der Waals surface area contributed by atoms with Gasteiger partial charge in [0.25, 0.3) is 0 Å². The highest BCUT2D eigenvalue weighted by atomic mass is 16.5. The van der Waals surface area contributed by atoms with Crippen molar-refractivity contribution in [1.82, 2.24) is 9.55 Å². The number of carbonyl (C=O) groups is 1. The van der Waals surface area contributed by atoms with Gasteiger partial charge in [0.05, 0.1) is 0 Å². The molecule has 0 unspecified atom stereocenters. The second kappa shape index (κ2) is 5.01. The monoisotopic (exact) mass is 260 g/mol. The van der Waals surface area contributed by atoms with Crippen molar-refractivity contribution >= 4 is 17.0 Å². The Kier molecular flexibility index (Phi) is 3.21. The smallest absolute Gasteiger partial charge is 0.352 e. The molecule has 19 heavy (non-hydrogen) atoms. The van der Waals surface area contributed by atoms with E-state index in [0.29, 0.717) is 18.2 Å². The van der Waals surface area contributed by atoms with Gasteiger partial charge in [-0.1, -0.05) is 0 Å². The maximum Gasteiger partial charge on any atom is 0.352 e. The summed E-state index contributed by atoms with van der Waals surface area (Å²) >= 11 is 0. The van der Waals surface area contributed by atoms with Crippen LogP contribution in [0.25, 0.3) is 11.0 Å². The van der Waals surface area contributed by atoms with Crippen molar-refractivity contribution in [2.24, 2.45) is 5.92 Å². The number of ether oxygens (including phenoxy) is 1. The number of hydrogen-bond acceptors (Lipinski definition) is 3. The quantitative estimate of drug-likeness (QED) is 0.918. The first-order valence-corrected chi connectivity index (χ1v) is 6.51. The number of aromatic nitrogens is 2. The summed E-state index contributed by atoms with van der Waals surface area (Å²) in [5.74, 6) is -0.436. The second-order valence-corrected chi connectivity index (χ2v) is 4.92. The molecule has 0 radical (unpaired) electrons. The number of carboxylic acid groups (broad SMARTS) is 1. The zero-order valence-corrected chi connectivity index (χ0v) is 10.6. The van der Waals surface area contributed by atoms with Gasteiger partial charge in [0.1, 0.15) is 11.3 Å². The van der Waals surface area contributed by atoms with Crippen LogP contribution >= 0.6 is 0 Å². The van der Waals surface area contributed by atoms with Crippen LogP contribution < -0.4 is 0 Å². The van der Waals surface area contributed by atoms with E-state index in [2.05, 4.69) is 4.98 Å². The minimum Gasteiger partial charge on any atom is -0.477 e. The summed E-state index contributed by atoms with van der Waals surface area (Å²) in [6.07, 6.45) is 3.66. The van der Waals surface area contributed by atoms with E-state index in [9.17, 15) is 9.90 Å². The summed E-state index contributed by atoms with van der Waals surface area (Å²) in [5, 5.41) is 10.2. The molecule has 2 aromatic heterocycles. The van der Waals surface area contributed by atoms with Crippen LogP contribution in [0.5, 0.6) is 0 Å². The lowest BCUT2D eigenvalue weighted by Gasteiger charge is -2.23. The van der Waals surface area contributed by atoms with Crippen molar-refractivity contribution in [2.45, 2.75) is 19.4 Å². The predicted octanol–water partition coefficient (Wildman–Crippen LogP) is 2.16. The van der Waals surface area contributed by atoms with E-state index in [1.54, 1.807) is 12.3 Å². The Bertz CT molecular complexity index is 600. The van der Waals surface area contributed by atoms with Crippen molar-refractivity contribution in [3.63, 3.8) is 0 Å². The van der Waals surface area contributed by atoms with E-state index >= 15 is 0 Å². The molecule has 1 saturated heterocycles. The van der Waals surface area contributed by atoms with Crippen LogP contribution in [-0.4, -0.2) is 33.8 Å². The van der Waals surface area contributed by atoms with Gasteiger partial charge in [-0.15, -0.1) is 0 Å². The molecule has 3 rings (SSSR count). The predicted molar refractivity (Wildman–Crippen MR) is 70.2 cm³/mol. The second-order valence-electron chi connectivity index (χ2n) is 4.92. The number of pyridine rings is 1. The van der Waals surface area contributed by atoms with Crippen molar-refractivity contribution in [3.8, 4) is 0 Å². The van der Waals surface area contributed by atoms with Gasteiger partial charge in [0, 0.05) is 31.3 Å². The van der Waals surface area contributed by atoms with Crippen LogP contribution in [0.2, 0.25) is 0 Å². The largest absolute Gasteiger partial charge is 0.477 e. The van der Waals surface area contributed by atoms with Gasteiger partial charge in [-0.05, 0) is 37.0 Å². The molecular weight excluding hydrogens is 244 g/mol. The Labute approximate surface area is 110 Å². The fourth-order valence-electron chi connectivity index (χ4n) is 2.64. The molecule has 100 valence electrons. The molecule has 0 aromatic carbocycles. The highest BCUT2D eigenvalue weighted by molar-refractivity contribution is 5.93. The van der Waals surface area contributed by atoms with Gasteiger partial charge >= 0.3 is 5.97 Å². The van der Waals surface area contributed by atoms with Gasteiger partial charge < -0.3 is 14.4 Å². The van der Waals surface area contributed by atoms with Crippen LogP contribution in [-0.2, 0) is 11.3 Å². The van der Waals surface area contributed by atoms with Gasteiger partial charge in [-0.3, -0.25) is 0 Å². The lowest BCUT2D eigenvalue weighted by molar-refractivity contribution is 0.0596. The SMILES string of the molecule is O=C(O)c1cc2cccnc2n1CC1CCOCC1. The standard InChI is InChI=1S/C14H16N2O3/c17-14(18)12-8-11-2-1-5-15-13(11)16(12)9-10-3-6-19-7-4-10/h1-2,5,8,10H,3-4,6-7,9H2,(H,17,18). The normalized spacial score (nSPS) is 16.8. The molecule has 1 aliphatic rings. The fourth-order valence-corrected chi connectivity index (χ4v) is 2.64. The summed E-state index contributed by atoms with van der Waals surface area (Å²) in [6, 6.07) is 5.42. The zero-order valence-electron chi connectivity index (χ0n) is 10.6. The van der Waals surface area contributed by atoms with Crippen LogP contribution in [0, 0.1) is 5.92 Å². The first kappa shape index (κ1) is 12.2. The first-order valence-electron chi connectivity index (χ1n) is 6.51. The molecule has 1 N–H and O–H groups in total. The van der Waals surface area contributed by atoms with E-state index in [1.165, 1.54) is 0 Å². The van der Waals surface area contributed by atoms with Crippen molar-refractivity contribution in [2.75, 3.05) is 13.2 Å². The number of rotatable bonds is 3. The summed E-state index contributed by atoms with van der Waals surface area (Å²) in [6.45, 7) is 2.23. The maximum absolute atomic E-state index is 11.4. The Morgan fingerprint density at radius 3 is 3.00 bits per heavy atom. The number of aromatic carboxylic acids is 1. The molecule has 0 amide bonds. The third kappa shape index (κ3) is 2.33. The third-order valence-corrected chi connectivity index (χ3v) is 3.66. The average molecular weight is 260 g/mol. The molecule has 5 nitrogen and oxygen atoms in total. The van der Waals surface area contributed by atoms with Gasteiger partial charge in [-0.2, -0.15) is 0 Å². The Morgan fingerprint density at radius 1 is 1.47 bits per heavy atom. The molecule has 1 fully saturated rings. The summed E-state index contributed by atoms with van der Waals surface area (Å²) in [7, 11) is 0. The van der Waals surface area contributed by atoms with E-state index in [1.807, 2.05) is 16.7 Å². The summed E-state index contributed by atoms with van der Waals surface area (Å²) < 4.78 is 7.17.